The molecular formula is C19H29N3. The van der Waals surface area contributed by atoms with Crippen LogP contribution in [0.15, 0.2) is 24.8 Å². The van der Waals surface area contributed by atoms with Crippen molar-refractivity contribution >= 4 is 5.57 Å². The van der Waals surface area contributed by atoms with Gasteiger partial charge >= 0.3 is 0 Å². The number of rotatable bonds is 3. The maximum Gasteiger partial charge on any atom is 0.0541 e. The lowest BCUT2D eigenvalue weighted by Gasteiger charge is -2.42. The zero-order valence-corrected chi connectivity index (χ0v) is 14.0. The predicted molar refractivity (Wildman–Crippen MR) is 94.0 cm³/mol. The van der Waals surface area contributed by atoms with Crippen LogP contribution in [0.1, 0.15) is 36.0 Å². The minimum Gasteiger partial charge on any atom is -0.320 e. The molecule has 3 N–H and O–H groups in total. The molecule has 3 heteroatoms. The van der Waals surface area contributed by atoms with E-state index in [9.17, 15) is 0 Å². The molecule has 1 aromatic rings. The molecule has 22 heavy (non-hydrogen) atoms. The van der Waals surface area contributed by atoms with E-state index in [1.807, 2.05) is 0 Å². The number of piperidine rings is 1. The summed E-state index contributed by atoms with van der Waals surface area (Å²) in [5.74, 6) is 0. The number of nitrogens with two attached hydrogens (primary N) is 1. The number of likely N-dealkylation sites (tertiary alicyclic amines) is 1. The molecule has 1 aromatic carbocycles. The first kappa shape index (κ1) is 15.7. The van der Waals surface area contributed by atoms with Crippen LogP contribution in [0.25, 0.3) is 5.57 Å². The Balaban J connectivity index is 1.71. The summed E-state index contributed by atoms with van der Waals surface area (Å²) in [6.45, 7) is 9.74. The van der Waals surface area contributed by atoms with E-state index >= 15 is 0 Å². The van der Waals surface area contributed by atoms with E-state index in [-0.39, 0.29) is 5.54 Å². The number of aryl methyl sites for hydroxylation is 2. The lowest BCUT2D eigenvalue weighted by molar-refractivity contribution is 0.173. The zero-order valence-electron chi connectivity index (χ0n) is 14.0. The number of benzene rings is 1. The first-order valence-corrected chi connectivity index (χ1v) is 8.49. The fourth-order valence-electron chi connectivity index (χ4n) is 3.95. The Morgan fingerprint density at radius 3 is 2.77 bits per heavy atom. The molecule has 2 aliphatic rings. The van der Waals surface area contributed by atoms with Crippen molar-refractivity contribution in [3.8, 4) is 0 Å². The summed E-state index contributed by atoms with van der Waals surface area (Å²) in [6, 6.07) is 7.34. The van der Waals surface area contributed by atoms with Gasteiger partial charge in [0.2, 0.25) is 0 Å². The Labute approximate surface area is 134 Å². The van der Waals surface area contributed by atoms with Gasteiger partial charge in [-0.25, -0.2) is 0 Å². The second kappa shape index (κ2) is 6.15. The van der Waals surface area contributed by atoms with Crippen LogP contribution in [-0.4, -0.2) is 43.2 Å². The van der Waals surface area contributed by atoms with Crippen molar-refractivity contribution in [2.75, 3.05) is 26.7 Å². The number of hydrogen-bond acceptors (Lipinski definition) is 3. The van der Waals surface area contributed by atoms with Crippen molar-refractivity contribution in [2.45, 2.75) is 44.2 Å². The smallest absolute Gasteiger partial charge is 0.0541 e. The third kappa shape index (κ3) is 2.98. The lowest BCUT2D eigenvalue weighted by Crippen LogP contribution is -2.55. The Kier molecular flexibility index (Phi) is 4.40. The zero-order chi connectivity index (χ0) is 15.7. The standard InChI is InChI=1S/C19H29N3/c1-14-4-5-18-15(2)19(20,9-6-16(18)12-14)13-22-10-7-17(21-3)8-11-22/h4-5,12,17,21H,2,6-11,13,20H2,1,3H3. The van der Waals surface area contributed by atoms with Crippen LogP contribution in [-0.2, 0) is 6.42 Å². The van der Waals surface area contributed by atoms with E-state index < -0.39 is 0 Å². The molecule has 1 aliphatic heterocycles. The first-order chi connectivity index (χ1) is 10.5. The Hall–Kier alpha value is -1.16. The SMILES string of the molecule is C=C1c2ccc(C)cc2CCC1(N)CN1CCC(NC)CC1. The topological polar surface area (TPSA) is 41.3 Å². The molecule has 1 atom stereocenters. The molecule has 0 aromatic heterocycles. The molecule has 1 fully saturated rings. The molecule has 0 saturated carbocycles. The fraction of sp³-hybridized carbons (Fsp3) is 0.579. The Morgan fingerprint density at radius 1 is 1.36 bits per heavy atom. The molecule has 0 bridgehead atoms. The highest BCUT2D eigenvalue weighted by Gasteiger charge is 2.36. The van der Waals surface area contributed by atoms with Gasteiger partial charge in [0.25, 0.3) is 0 Å². The van der Waals surface area contributed by atoms with Crippen LogP contribution in [0, 0.1) is 6.92 Å². The van der Waals surface area contributed by atoms with Crippen molar-refractivity contribution in [3.05, 3.63) is 41.5 Å². The summed E-state index contributed by atoms with van der Waals surface area (Å²) in [4.78, 5) is 2.53. The third-order valence-electron chi connectivity index (χ3n) is 5.53. The molecule has 1 aliphatic carbocycles. The Morgan fingerprint density at radius 2 is 2.09 bits per heavy atom. The molecular weight excluding hydrogens is 270 g/mol. The molecule has 0 spiro atoms. The highest BCUT2D eigenvalue weighted by Crippen LogP contribution is 2.37. The highest BCUT2D eigenvalue weighted by atomic mass is 15.2. The van der Waals surface area contributed by atoms with Gasteiger partial charge in [0.1, 0.15) is 0 Å². The molecule has 0 radical (unpaired) electrons. The van der Waals surface area contributed by atoms with E-state index in [2.05, 4.69) is 49.0 Å². The third-order valence-corrected chi connectivity index (χ3v) is 5.53. The maximum absolute atomic E-state index is 6.80. The van der Waals surface area contributed by atoms with E-state index in [1.165, 1.54) is 29.5 Å². The van der Waals surface area contributed by atoms with Crippen molar-refractivity contribution in [3.63, 3.8) is 0 Å². The van der Waals surface area contributed by atoms with Gasteiger partial charge in [0.15, 0.2) is 0 Å². The van der Waals surface area contributed by atoms with E-state index in [4.69, 9.17) is 5.73 Å². The summed E-state index contributed by atoms with van der Waals surface area (Å²) in [7, 11) is 2.06. The number of nitrogens with one attached hydrogen (secondary N) is 1. The minimum absolute atomic E-state index is 0.269. The van der Waals surface area contributed by atoms with Crippen molar-refractivity contribution in [1.29, 1.82) is 0 Å². The van der Waals surface area contributed by atoms with Crippen LogP contribution in [0.2, 0.25) is 0 Å². The van der Waals surface area contributed by atoms with Crippen molar-refractivity contribution in [1.82, 2.24) is 10.2 Å². The summed E-state index contributed by atoms with van der Waals surface area (Å²) in [6.07, 6.45) is 4.51. The van der Waals surface area contributed by atoms with Gasteiger partial charge in [-0.3, -0.25) is 0 Å². The summed E-state index contributed by atoms with van der Waals surface area (Å²) >= 11 is 0. The molecule has 0 amide bonds. The van der Waals surface area contributed by atoms with Gasteiger partial charge in [-0.15, -0.1) is 0 Å². The van der Waals surface area contributed by atoms with E-state index in [0.29, 0.717) is 6.04 Å². The fourth-order valence-corrected chi connectivity index (χ4v) is 3.95. The maximum atomic E-state index is 6.80. The number of nitrogens with zero attached hydrogens (tertiary/aromatic N) is 1. The average molecular weight is 299 g/mol. The molecule has 3 rings (SSSR count). The second-order valence-electron chi connectivity index (χ2n) is 7.13. The molecule has 1 saturated heterocycles. The van der Waals surface area contributed by atoms with Crippen molar-refractivity contribution in [2.24, 2.45) is 5.73 Å². The quantitative estimate of drug-likeness (QED) is 0.900. The largest absolute Gasteiger partial charge is 0.320 e. The molecule has 1 heterocycles. The average Bonchev–Trinajstić information content (AvgIpc) is 2.52. The first-order valence-electron chi connectivity index (χ1n) is 8.49. The van der Waals surface area contributed by atoms with Gasteiger partial charge in [0.05, 0.1) is 5.54 Å². The van der Waals surface area contributed by atoms with Crippen molar-refractivity contribution < 1.29 is 0 Å². The van der Waals surface area contributed by atoms with Gasteiger partial charge in [-0.2, -0.15) is 0 Å². The number of fused-ring (bicyclic) bond motifs is 1. The van der Waals surface area contributed by atoms with Gasteiger partial charge < -0.3 is 16.0 Å². The van der Waals surface area contributed by atoms with Crippen LogP contribution < -0.4 is 11.1 Å². The normalized spacial score (nSPS) is 27.0. The summed E-state index contributed by atoms with van der Waals surface area (Å²) in [5, 5.41) is 3.39. The van der Waals surface area contributed by atoms with Crippen LogP contribution in [0.5, 0.6) is 0 Å². The molecule has 3 nitrogen and oxygen atoms in total. The summed E-state index contributed by atoms with van der Waals surface area (Å²) < 4.78 is 0. The van der Waals surface area contributed by atoms with Crippen LogP contribution in [0.3, 0.4) is 0 Å². The van der Waals surface area contributed by atoms with Gasteiger partial charge in [0, 0.05) is 12.6 Å². The second-order valence-corrected chi connectivity index (χ2v) is 7.13. The van der Waals surface area contributed by atoms with Gasteiger partial charge in [-0.1, -0.05) is 30.3 Å². The summed E-state index contributed by atoms with van der Waals surface area (Å²) in [5.41, 5.74) is 11.7. The lowest BCUT2D eigenvalue weighted by atomic mass is 9.74. The van der Waals surface area contributed by atoms with E-state index in [1.54, 1.807) is 0 Å². The molecule has 120 valence electrons. The highest BCUT2D eigenvalue weighted by molar-refractivity contribution is 5.75. The monoisotopic (exact) mass is 299 g/mol. The minimum atomic E-state index is -0.269. The predicted octanol–water partition coefficient (Wildman–Crippen LogP) is 2.34. The van der Waals surface area contributed by atoms with Crippen LogP contribution in [0.4, 0.5) is 0 Å². The molecule has 1 unspecified atom stereocenters. The van der Waals surface area contributed by atoms with E-state index in [0.717, 1.165) is 38.0 Å². The Bertz CT molecular complexity index is 558. The van der Waals surface area contributed by atoms with Gasteiger partial charge in [-0.05, 0) is 69.4 Å². The number of hydrogen-bond donors (Lipinski definition) is 2. The van der Waals surface area contributed by atoms with Crippen LogP contribution >= 0.6 is 0 Å².